The third-order valence-corrected chi connectivity index (χ3v) is 1.16. The normalized spacial score (nSPS) is 21.9. The van der Waals surface area contributed by atoms with E-state index in [4.69, 9.17) is 0 Å². The molecule has 1 radical (unpaired) electrons. The van der Waals surface area contributed by atoms with Crippen molar-refractivity contribution >= 4 is 0 Å². The van der Waals surface area contributed by atoms with Gasteiger partial charge in [-0.15, -0.1) is 6.54 Å². The van der Waals surface area contributed by atoms with Crippen molar-refractivity contribution in [3.8, 4) is 0 Å². The number of likely N-dealkylation sites (tertiary alicyclic amines) is 1. The van der Waals surface area contributed by atoms with Gasteiger partial charge in [-0.05, 0) is 13.6 Å². The molecule has 1 nitrogen and oxygen atoms in total. The van der Waals surface area contributed by atoms with Gasteiger partial charge >= 0.3 is 0 Å². The molecule has 1 aliphatic rings. The summed E-state index contributed by atoms with van der Waals surface area (Å²) in [7, 11) is 2.14. The summed E-state index contributed by atoms with van der Waals surface area (Å²) in [6.45, 7) is 2.46. The minimum atomic E-state index is 0. The molecule has 1 heterocycles. The maximum atomic E-state index is 2.31. The van der Waals surface area contributed by atoms with Crippen LogP contribution < -0.4 is 0 Å². The van der Waals surface area contributed by atoms with Gasteiger partial charge in [-0.3, -0.25) is 0 Å². The van der Waals surface area contributed by atoms with E-state index in [1.807, 2.05) is 0 Å². The summed E-state index contributed by atoms with van der Waals surface area (Å²) >= 11 is 0. The summed E-state index contributed by atoms with van der Waals surface area (Å²) < 4.78 is 0. The van der Waals surface area contributed by atoms with Crippen LogP contribution in [0.2, 0.25) is 0 Å². The fraction of sp³-hybridized carbons (Fsp3) is 0.800. The average molecular weight is 187 g/mol. The predicted octanol–water partition coefficient (Wildman–Crippen LogP) is 0.524. The number of hydrogen-bond acceptors (Lipinski definition) is 1. The molecular weight excluding hydrogens is 177 g/mol. The monoisotopic (exact) mass is 187 g/mol. The largest absolute Gasteiger partial charge is 0.338 e. The van der Waals surface area contributed by atoms with E-state index in [1.54, 1.807) is 0 Å². The molecule has 1 rings (SSSR count). The van der Waals surface area contributed by atoms with Crippen LogP contribution in [0, 0.1) is 6.42 Å². The molecule has 0 aromatic rings. The molecule has 45 valence electrons. The standard InChI is InChI=1S/C5H10N.Rh/c1-6-4-2-3-5-6;/h2H,3-5H2,1H3;/q-1;. The fourth-order valence-corrected chi connectivity index (χ4v) is 0.715. The molecular formula is C5H10NRh-. The maximum absolute atomic E-state index is 2.31. The van der Waals surface area contributed by atoms with E-state index >= 15 is 0 Å². The van der Waals surface area contributed by atoms with Crippen LogP contribution in [0.15, 0.2) is 0 Å². The Kier molecular flexibility index (Phi) is 3.87. The van der Waals surface area contributed by atoms with Gasteiger partial charge in [0.25, 0.3) is 0 Å². The second-order valence-electron chi connectivity index (χ2n) is 1.84. The SMILES string of the molecule is CN1C[CH-]CC1.[Rh]. The van der Waals surface area contributed by atoms with Gasteiger partial charge in [0.05, 0.1) is 0 Å². The fourth-order valence-electron chi connectivity index (χ4n) is 0.715. The molecule has 1 fully saturated rings. The molecule has 7 heavy (non-hydrogen) atoms. The second kappa shape index (κ2) is 3.57. The van der Waals surface area contributed by atoms with Crippen LogP contribution in [0.3, 0.4) is 0 Å². The molecule has 0 unspecified atom stereocenters. The summed E-state index contributed by atoms with van der Waals surface area (Å²) in [5, 5.41) is 0. The van der Waals surface area contributed by atoms with Crippen molar-refractivity contribution in [1.29, 1.82) is 0 Å². The molecule has 0 aromatic carbocycles. The Balaban J connectivity index is 0.000000360. The van der Waals surface area contributed by atoms with Crippen molar-refractivity contribution in [3.05, 3.63) is 6.42 Å². The van der Waals surface area contributed by atoms with Gasteiger partial charge in [0, 0.05) is 19.5 Å². The summed E-state index contributed by atoms with van der Waals surface area (Å²) in [6, 6.07) is 0. The first kappa shape index (κ1) is 7.58. The minimum absolute atomic E-state index is 0. The Labute approximate surface area is 57.8 Å². The third-order valence-electron chi connectivity index (χ3n) is 1.16. The number of nitrogens with zero attached hydrogens (tertiary/aromatic N) is 1. The first-order valence-corrected chi connectivity index (χ1v) is 2.40. The van der Waals surface area contributed by atoms with Crippen LogP contribution >= 0.6 is 0 Å². The molecule has 0 atom stereocenters. The van der Waals surface area contributed by atoms with Gasteiger partial charge in [0.1, 0.15) is 0 Å². The van der Waals surface area contributed by atoms with Crippen LogP contribution in [-0.2, 0) is 19.5 Å². The van der Waals surface area contributed by atoms with E-state index in [2.05, 4.69) is 18.4 Å². The average Bonchev–Trinajstić information content (AvgIpc) is 1.86. The van der Waals surface area contributed by atoms with Crippen molar-refractivity contribution in [2.45, 2.75) is 6.42 Å². The summed E-state index contributed by atoms with van der Waals surface area (Å²) in [4.78, 5) is 2.31. The van der Waals surface area contributed by atoms with E-state index in [-0.39, 0.29) is 19.5 Å². The molecule has 0 spiro atoms. The van der Waals surface area contributed by atoms with Crippen LogP contribution in [-0.4, -0.2) is 25.0 Å². The predicted molar refractivity (Wildman–Crippen MR) is 26.4 cm³/mol. The number of rotatable bonds is 0. The van der Waals surface area contributed by atoms with Crippen molar-refractivity contribution in [2.75, 3.05) is 20.1 Å². The van der Waals surface area contributed by atoms with E-state index in [0.29, 0.717) is 0 Å². The Morgan fingerprint density at radius 3 is 2.43 bits per heavy atom. The third kappa shape index (κ3) is 2.40. The first-order chi connectivity index (χ1) is 2.89. The van der Waals surface area contributed by atoms with Gasteiger partial charge < -0.3 is 11.3 Å². The van der Waals surface area contributed by atoms with Crippen LogP contribution in [0.25, 0.3) is 0 Å². The van der Waals surface area contributed by atoms with Crippen molar-refractivity contribution in [1.82, 2.24) is 4.90 Å². The van der Waals surface area contributed by atoms with Gasteiger partial charge in [0.2, 0.25) is 0 Å². The van der Waals surface area contributed by atoms with Gasteiger partial charge in [0.15, 0.2) is 0 Å². The molecule has 1 saturated heterocycles. The topological polar surface area (TPSA) is 3.24 Å². The molecule has 0 bridgehead atoms. The quantitative estimate of drug-likeness (QED) is 0.394. The molecule has 1 aliphatic heterocycles. The second-order valence-corrected chi connectivity index (χ2v) is 1.84. The molecule has 0 saturated carbocycles. The van der Waals surface area contributed by atoms with Gasteiger partial charge in [-0.1, -0.05) is 0 Å². The van der Waals surface area contributed by atoms with Crippen molar-refractivity contribution in [3.63, 3.8) is 0 Å². The molecule has 0 amide bonds. The Morgan fingerprint density at radius 2 is 2.29 bits per heavy atom. The zero-order valence-electron chi connectivity index (χ0n) is 4.48. The Hall–Kier alpha value is 0.583. The maximum Gasteiger partial charge on any atom is 0 e. The summed E-state index contributed by atoms with van der Waals surface area (Å²) in [6.07, 6.45) is 3.59. The van der Waals surface area contributed by atoms with Crippen molar-refractivity contribution in [2.24, 2.45) is 0 Å². The molecule has 0 aromatic heterocycles. The van der Waals surface area contributed by atoms with E-state index < -0.39 is 0 Å². The van der Waals surface area contributed by atoms with Crippen molar-refractivity contribution < 1.29 is 19.5 Å². The molecule has 0 aliphatic carbocycles. The Bertz CT molecular complexity index is 41.3. The van der Waals surface area contributed by atoms with Crippen LogP contribution in [0.4, 0.5) is 0 Å². The smallest absolute Gasteiger partial charge is 0 e. The first-order valence-electron chi connectivity index (χ1n) is 2.40. The molecule has 2 heteroatoms. The Morgan fingerprint density at radius 1 is 1.57 bits per heavy atom. The van der Waals surface area contributed by atoms with Gasteiger partial charge in [-0.25, -0.2) is 0 Å². The van der Waals surface area contributed by atoms with Crippen LogP contribution in [0.1, 0.15) is 6.42 Å². The zero-order chi connectivity index (χ0) is 4.41. The van der Waals surface area contributed by atoms with Gasteiger partial charge in [-0.2, -0.15) is 6.42 Å². The zero-order valence-corrected chi connectivity index (χ0v) is 6.12. The number of hydrogen-bond donors (Lipinski definition) is 0. The molecule has 0 N–H and O–H groups in total. The van der Waals surface area contributed by atoms with E-state index in [0.717, 1.165) is 0 Å². The van der Waals surface area contributed by atoms with Crippen LogP contribution in [0.5, 0.6) is 0 Å². The minimum Gasteiger partial charge on any atom is -0.338 e. The van der Waals surface area contributed by atoms with E-state index in [9.17, 15) is 0 Å². The summed E-state index contributed by atoms with van der Waals surface area (Å²) in [5.41, 5.74) is 0. The van der Waals surface area contributed by atoms with E-state index in [1.165, 1.54) is 19.5 Å². The summed E-state index contributed by atoms with van der Waals surface area (Å²) in [5.74, 6) is 0.